The van der Waals surface area contributed by atoms with E-state index in [2.05, 4.69) is 15.5 Å². The third-order valence-corrected chi connectivity index (χ3v) is 3.09. The third kappa shape index (κ3) is 2.58. The van der Waals surface area contributed by atoms with Gasteiger partial charge in [-0.05, 0) is 13.3 Å². The van der Waals surface area contributed by atoms with E-state index in [0.717, 1.165) is 11.6 Å². The number of aliphatic hydroxyl groups excluding tert-OH is 2. The molecule has 6 heteroatoms. The molecule has 6 nitrogen and oxygen atoms in total. The highest BCUT2D eigenvalue weighted by molar-refractivity contribution is 4.95. The topological polar surface area (TPSA) is 83.2 Å². The van der Waals surface area contributed by atoms with Crippen LogP contribution in [-0.2, 0) is 13.6 Å². The molecule has 0 aliphatic heterocycles. The lowest BCUT2D eigenvalue weighted by molar-refractivity contribution is 0.0856. The van der Waals surface area contributed by atoms with Crippen molar-refractivity contribution in [1.29, 1.82) is 0 Å². The van der Waals surface area contributed by atoms with Crippen molar-refractivity contribution in [2.24, 2.45) is 7.05 Å². The fourth-order valence-electron chi connectivity index (χ4n) is 1.38. The van der Waals surface area contributed by atoms with Gasteiger partial charge in [0.1, 0.15) is 11.6 Å². The van der Waals surface area contributed by atoms with Gasteiger partial charge in [0.2, 0.25) is 0 Å². The molecule has 16 heavy (non-hydrogen) atoms. The van der Waals surface area contributed by atoms with Gasteiger partial charge < -0.3 is 20.1 Å². The fraction of sp³-hybridized carbons (Fsp3) is 0.800. The van der Waals surface area contributed by atoms with Gasteiger partial charge in [0, 0.05) is 7.05 Å². The van der Waals surface area contributed by atoms with Crippen molar-refractivity contribution < 1.29 is 10.2 Å². The maximum absolute atomic E-state index is 9.26. The first-order valence-electron chi connectivity index (χ1n) is 5.40. The van der Waals surface area contributed by atoms with Crippen molar-refractivity contribution in [2.75, 3.05) is 13.2 Å². The quantitative estimate of drug-likeness (QED) is 0.602. The molecule has 1 heterocycles. The molecule has 0 bridgehead atoms. The Labute approximate surface area is 95.3 Å². The second kappa shape index (κ2) is 5.38. The van der Waals surface area contributed by atoms with Crippen molar-refractivity contribution in [3.63, 3.8) is 0 Å². The van der Waals surface area contributed by atoms with E-state index in [9.17, 15) is 10.2 Å². The highest BCUT2D eigenvalue weighted by atomic mass is 16.3. The lowest BCUT2D eigenvalue weighted by Crippen LogP contribution is -2.51. The molecule has 0 saturated carbocycles. The van der Waals surface area contributed by atoms with Crippen LogP contribution < -0.4 is 5.32 Å². The van der Waals surface area contributed by atoms with Crippen LogP contribution in [-0.4, -0.2) is 43.7 Å². The molecule has 92 valence electrons. The van der Waals surface area contributed by atoms with Gasteiger partial charge in [-0.1, -0.05) is 6.92 Å². The van der Waals surface area contributed by atoms with Crippen LogP contribution in [0.3, 0.4) is 0 Å². The van der Waals surface area contributed by atoms with E-state index in [4.69, 9.17) is 0 Å². The molecule has 1 rings (SSSR count). The molecular formula is C10H20N4O2. The van der Waals surface area contributed by atoms with E-state index in [-0.39, 0.29) is 13.2 Å². The molecule has 0 unspecified atom stereocenters. The molecule has 3 N–H and O–H groups in total. The number of rotatable bonds is 6. The van der Waals surface area contributed by atoms with E-state index in [1.807, 2.05) is 25.5 Å². The Hall–Kier alpha value is -0.980. The van der Waals surface area contributed by atoms with E-state index >= 15 is 0 Å². The van der Waals surface area contributed by atoms with Crippen LogP contribution >= 0.6 is 0 Å². The normalized spacial score (nSPS) is 12.1. The van der Waals surface area contributed by atoms with Crippen molar-refractivity contribution in [3.05, 3.63) is 11.6 Å². The summed E-state index contributed by atoms with van der Waals surface area (Å²) in [5.74, 6) is 1.63. The highest BCUT2D eigenvalue weighted by Crippen LogP contribution is 2.09. The minimum atomic E-state index is -0.639. The molecule has 0 fully saturated rings. The Balaban J connectivity index is 2.66. The smallest absolute Gasteiger partial charge is 0.146 e. The van der Waals surface area contributed by atoms with Crippen molar-refractivity contribution in [3.8, 4) is 0 Å². The first kappa shape index (κ1) is 13.1. The number of hydrogen-bond donors (Lipinski definition) is 3. The first-order valence-corrected chi connectivity index (χ1v) is 5.40. The zero-order valence-electron chi connectivity index (χ0n) is 10.1. The van der Waals surface area contributed by atoms with Crippen molar-refractivity contribution in [2.45, 2.75) is 32.4 Å². The number of aromatic nitrogens is 3. The van der Waals surface area contributed by atoms with Gasteiger partial charge >= 0.3 is 0 Å². The zero-order chi connectivity index (χ0) is 12.2. The molecule has 0 radical (unpaired) electrons. The average Bonchev–Trinajstić information content (AvgIpc) is 2.63. The van der Waals surface area contributed by atoms with Crippen LogP contribution in [0, 0.1) is 6.92 Å². The van der Waals surface area contributed by atoms with Crippen LogP contribution in [0.5, 0.6) is 0 Å². The van der Waals surface area contributed by atoms with E-state index in [1.165, 1.54) is 0 Å². The Kier molecular flexibility index (Phi) is 4.40. The van der Waals surface area contributed by atoms with Crippen molar-refractivity contribution in [1.82, 2.24) is 20.1 Å². The number of aliphatic hydroxyl groups is 2. The average molecular weight is 228 g/mol. The van der Waals surface area contributed by atoms with Gasteiger partial charge in [-0.3, -0.25) is 0 Å². The molecule has 0 aliphatic carbocycles. The highest BCUT2D eigenvalue weighted by Gasteiger charge is 2.26. The molecule has 0 saturated heterocycles. The Morgan fingerprint density at radius 3 is 2.31 bits per heavy atom. The standard InChI is InChI=1S/C10H20N4O2/c1-4-10(6-15,7-16)11-5-9-13-12-8(2)14(9)3/h11,15-16H,4-7H2,1-3H3. The van der Waals surface area contributed by atoms with Gasteiger partial charge in [-0.25, -0.2) is 0 Å². The largest absolute Gasteiger partial charge is 0.394 e. The predicted molar refractivity (Wildman–Crippen MR) is 59.8 cm³/mol. The monoisotopic (exact) mass is 228 g/mol. The van der Waals surface area contributed by atoms with Gasteiger partial charge in [0.25, 0.3) is 0 Å². The fourth-order valence-corrected chi connectivity index (χ4v) is 1.38. The van der Waals surface area contributed by atoms with E-state index in [1.54, 1.807) is 0 Å². The summed E-state index contributed by atoms with van der Waals surface area (Å²) < 4.78 is 1.88. The molecule has 1 aromatic heterocycles. The lowest BCUT2D eigenvalue weighted by atomic mass is 9.98. The summed E-state index contributed by atoms with van der Waals surface area (Å²) in [6, 6.07) is 0. The summed E-state index contributed by atoms with van der Waals surface area (Å²) in [6.07, 6.45) is 0.650. The van der Waals surface area contributed by atoms with Crippen LogP contribution in [0.2, 0.25) is 0 Å². The van der Waals surface area contributed by atoms with Crippen molar-refractivity contribution >= 4 is 0 Å². The molecular weight excluding hydrogens is 208 g/mol. The van der Waals surface area contributed by atoms with E-state index < -0.39 is 5.54 Å². The van der Waals surface area contributed by atoms with Crippen LogP contribution in [0.1, 0.15) is 25.0 Å². The maximum atomic E-state index is 9.26. The molecule has 0 amide bonds. The predicted octanol–water partition coefficient (Wildman–Crippen LogP) is -0.653. The summed E-state index contributed by atoms with van der Waals surface area (Å²) in [4.78, 5) is 0. The first-order chi connectivity index (χ1) is 7.58. The zero-order valence-corrected chi connectivity index (χ0v) is 10.1. The Morgan fingerprint density at radius 1 is 1.31 bits per heavy atom. The summed E-state index contributed by atoms with van der Waals surface area (Å²) in [5, 5.41) is 29.6. The number of hydrogen-bond acceptors (Lipinski definition) is 5. The van der Waals surface area contributed by atoms with Gasteiger partial charge in [0.05, 0.1) is 25.3 Å². The second-order valence-corrected chi connectivity index (χ2v) is 4.03. The Bertz CT molecular complexity index is 325. The summed E-state index contributed by atoms with van der Waals surface area (Å²) in [7, 11) is 1.89. The van der Waals surface area contributed by atoms with Crippen LogP contribution in [0.4, 0.5) is 0 Å². The number of aryl methyl sites for hydroxylation is 1. The minimum Gasteiger partial charge on any atom is -0.394 e. The molecule has 0 aromatic carbocycles. The number of nitrogens with one attached hydrogen (secondary N) is 1. The number of nitrogens with zero attached hydrogens (tertiary/aromatic N) is 3. The third-order valence-electron chi connectivity index (χ3n) is 3.09. The van der Waals surface area contributed by atoms with E-state index in [0.29, 0.717) is 13.0 Å². The SMILES string of the molecule is CCC(CO)(CO)NCc1nnc(C)n1C. The summed E-state index contributed by atoms with van der Waals surface area (Å²) in [5.41, 5.74) is -0.639. The molecule has 0 spiro atoms. The molecule has 0 aliphatic rings. The maximum Gasteiger partial charge on any atom is 0.146 e. The van der Waals surface area contributed by atoms with Crippen LogP contribution in [0.25, 0.3) is 0 Å². The van der Waals surface area contributed by atoms with Gasteiger partial charge in [-0.2, -0.15) is 0 Å². The van der Waals surface area contributed by atoms with Crippen LogP contribution in [0.15, 0.2) is 0 Å². The Morgan fingerprint density at radius 2 is 1.94 bits per heavy atom. The second-order valence-electron chi connectivity index (χ2n) is 4.03. The molecule has 1 aromatic rings. The minimum absolute atomic E-state index is 0.100. The summed E-state index contributed by atoms with van der Waals surface area (Å²) in [6.45, 7) is 4.07. The van der Waals surface area contributed by atoms with Gasteiger partial charge in [0.15, 0.2) is 0 Å². The van der Waals surface area contributed by atoms with Gasteiger partial charge in [-0.15, -0.1) is 10.2 Å². The lowest BCUT2D eigenvalue weighted by Gasteiger charge is -2.29. The summed E-state index contributed by atoms with van der Waals surface area (Å²) >= 11 is 0. The molecule has 0 atom stereocenters.